The maximum absolute atomic E-state index is 5.67. The molecule has 112 valence electrons. The van der Waals surface area contributed by atoms with E-state index in [4.69, 9.17) is 9.47 Å². The number of ether oxygens (including phenoxy) is 2. The molecule has 0 radical (unpaired) electrons. The third-order valence-electron chi connectivity index (χ3n) is 3.81. The van der Waals surface area contributed by atoms with Crippen LogP contribution in [0.1, 0.15) is 44.7 Å². The van der Waals surface area contributed by atoms with Crippen LogP contribution in [0.3, 0.4) is 0 Å². The topological polar surface area (TPSA) is 30.5 Å². The van der Waals surface area contributed by atoms with E-state index in [0.29, 0.717) is 18.6 Å². The first-order chi connectivity index (χ1) is 9.85. The smallest absolute Gasteiger partial charge is 0.119 e. The van der Waals surface area contributed by atoms with Crippen LogP contribution in [0.2, 0.25) is 0 Å². The molecule has 2 unspecified atom stereocenters. The number of hydrogen-bond acceptors (Lipinski definition) is 3. The molecule has 1 aromatic rings. The number of rotatable bonds is 7. The number of nitrogens with one attached hydrogen (secondary N) is 1. The Hall–Kier alpha value is -1.06. The molecule has 0 aromatic heterocycles. The molecule has 0 aliphatic carbocycles. The van der Waals surface area contributed by atoms with Crippen molar-refractivity contribution in [1.29, 1.82) is 0 Å². The van der Waals surface area contributed by atoms with Gasteiger partial charge in [-0.3, -0.25) is 0 Å². The van der Waals surface area contributed by atoms with Crippen molar-refractivity contribution in [2.24, 2.45) is 5.92 Å². The van der Waals surface area contributed by atoms with Crippen molar-refractivity contribution in [2.75, 3.05) is 26.4 Å². The molecule has 0 saturated carbocycles. The summed E-state index contributed by atoms with van der Waals surface area (Å²) in [6, 6.07) is 8.86. The summed E-state index contributed by atoms with van der Waals surface area (Å²) in [4.78, 5) is 0. The monoisotopic (exact) mass is 277 g/mol. The van der Waals surface area contributed by atoms with E-state index in [1.54, 1.807) is 0 Å². The van der Waals surface area contributed by atoms with Gasteiger partial charge in [-0.2, -0.15) is 0 Å². The minimum absolute atomic E-state index is 0.371. The van der Waals surface area contributed by atoms with Gasteiger partial charge in [0.25, 0.3) is 0 Å². The van der Waals surface area contributed by atoms with Crippen molar-refractivity contribution in [3.05, 3.63) is 29.8 Å². The molecule has 1 heterocycles. The molecule has 1 N–H and O–H groups in total. The third kappa shape index (κ3) is 4.22. The highest BCUT2D eigenvalue weighted by Gasteiger charge is 2.25. The van der Waals surface area contributed by atoms with Crippen LogP contribution in [-0.4, -0.2) is 26.4 Å². The number of benzene rings is 1. The van der Waals surface area contributed by atoms with E-state index >= 15 is 0 Å². The van der Waals surface area contributed by atoms with Crippen molar-refractivity contribution in [3.8, 4) is 5.75 Å². The second kappa shape index (κ2) is 8.28. The lowest BCUT2D eigenvalue weighted by Gasteiger charge is -2.31. The van der Waals surface area contributed by atoms with Crippen LogP contribution in [0.5, 0.6) is 5.75 Å². The first-order valence-electron chi connectivity index (χ1n) is 7.89. The molecule has 1 fully saturated rings. The molecule has 1 aliphatic heterocycles. The highest BCUT2D eigenvalue weighted by Crippen LogP contribution is 2.30. The molecule has 0 bridgehead atoms. The van der Waals surface area contributed by atoms with Crippen molar-refractivity contribution >= 4 is 0 Å². The Morgan fingerprint density at radius 3 is 3.00 bits per heavy atom. The number of hydrogen-bond donors (Lipinski definition) is 1. The average molecular weight is 277 g/mol. The molecule has 20 heavy (non-hydrogen) atoms. The SMILES string of the molecule is CCCNC(c1cccc(OCC)c1)C1CCCOC1. The fraction of sp³-hybridized carbons (Fsp3) is 0.647. The Morgan fingerprint density at radius 2 is 2.30 bits per heavy atom. The molecule has 1 saturated heterocycles. The van der Waals surface area contributed by atoms with Crippen molar-refractivity contribution < 1.29 is 9.47 Å². The molecule has 3 heteroatoms. The van der Waals surface area contributed by atoms with Crippen LogP contribution in [0, 0.1) is 5.92 Å². The Kier molecular flexibility index (Phi) is 6.34. The lowest BCUT2D eigenvalue weighted by molar-refractivity contribution is 0.0390. The molecule has 1 aromatic carbocycles. The second-order valence-electron chi connectivity index (χ2n) is 5.41. The summed E-state index contributed by atoms with van der Waals surface area (Å²) in [5.74, 6) is 1.53. The summed E-state index contributed by atoms with van der Waals surface area (Å²) in [6.45, 7) is 7.76. The Morgan fingerprint density at radius 1 is 1.40 bits per heavy atom. The van der Waals surface area contributed by atoms with Gasteiger partial charge < -0.3 is 14.8 Å². The molecule has 2 rings (SSSR count). The largest absolute Gasteiger partial charge is 0.494 e. The molecule has 0 spiro atoms. The van der Waals surface area contributed by atoms with Gasteiger partial charge in [0, 0.05) is 18.6 Å². The normalized spacial score (nSPS) is 20.6. The Bertz CT molecular complexity index is 388. The zero-order valence-electron chi connectivity index (χ0n) is 12.7. The molecular formula is C17H27NO2. The van der Waals surface area contributed by atoms with E-state index in [0.717, 1.165) is 31.9 Å². The highest BCUT2D eigenvalue weighted by molar-refractivity contribution is 5.31. The van der Waals surface area contributed by atoms with Gasteiger partial charge in [0.2, 0.25) is 0 Å². The van der Waals surface area contributed by atoms with Gasteiger partial charge in [-0.05, 0) is 50.4 Å². The Labute approximate surface area is 122 Å². The second-order valence-corrected chi connectivity index (χ2v) is 5.41. The Balaban J connectivity index is 2.13. The van der Waals surface area contributed by atoms with Crippen LogP contribution in [0.15, 0.2) is 24.3 Å². The van der Waals surface area contributed by atoms with E-state index in [1.165, 1.54) is 18.4 Å². The van der Waals surface area contributed by atoms with Gasteiger partial charge in [0.1, 0.15) is 5.75 Å². The fourth-order valence-electron chi connectivity index (χ4n) is 2.85. The molecular weight excluding hydrogens is 250 g/mol. The summed E-state index contributed by atoms with van der Waals surface area (Å²) >= 11 is 0. The molecule has 2 atom stereocenters. The lowest BCUT2D eigenvalue weighted by Crippen LogP contribution is -2.33. The lowest BCUT2D eigenvalue weighted by atomic mass is 9.88. The van der Waals surface area contributed by atoms with Gasteiger partial charge in [0.15, 0.2) is 0 Å². The maximum Gasteiger partial charge on any atom is 0.119 e. The van der Waals surface area contributed by atoms with E-state index < -0.39 is 0 Å². The molecule has 1 aliphatic rings. The van der Waals surface area contributed by atoms with Crippen molar-refractivity contribution in [1.82, 2.24) is 5.32 Å². The summed E-state index contributed by atoms with van der Waals surface area (Å²) in [5.41, 5.74) is 1.32. The van der Waals surface area contributed by atoms with Crippen molar-refractivity contribution in [3.63, 3.8) is 0 Å². The summed E-state index contributed by atoms with van der Waals surface area (Å²) in [5, 5.41) is 3.69. The van der Waals surface area contributed by atoms with Crippen LogP contribution < -0.4 is 10.1 Å². The van der Waals surface area contributed by atoms with Crippen molar-refractivity contribution in [2.45, 2.75) is 39.2 Å². The van der Waals surface area contributed by atoms with Gasteiger partial charge in [0.05, 0.1) is 13.2 Å². The minimum Gasteiger partial charge on any atom is -0.494 e. The zero-order valence-corrected chi connectivity index (χ0v) is 12.7. The summed E-state index contributed by atoms with van der Waals surface area (Å²) in [7, 11) is 0. The highest BCUT2D eigenvalue weighted by atomic mass is 16.5. The van der Waals surface area contributed by atoms with E-state index in [9.17, 15) is 0 Å². The standard InChI is InChI=1S/C17H27NO2/c1-3-10-18-17(15-8-6-11-19-13-15)14-7-5-9-16(12-14)20-4-2/h5,7,9,12,15,17-18H,3-4,6,8,10-11,13H2,1-2H3. The van der Waals surface area contributed by atoms with Crippen LogP contribution in [0.4, 0.5) is 0 Å². The fourth-order valence-corrected chi connectivity index (χ4v) is 2.85. The quantitative estimate of drug-likeness (QED) is 0.826. The van der Waals surface area contributed by atoms with Gasteiger partial charge in [-0.25, -0.2) is 0 Å². The minimum atomic E-state index is 0.371. The first-order valence-corrected chi connectivity index (χ1v) is 7.89. The van der Waals surface area contributed by atoms with Gasteiger partial charge in [-0.15, -0.1) is 0 Å². The zero-order chi connectivity index (χ0) is 14.2. The van der Waals surface area contributed by atoms with E-state index in [1.807, 2.05) is 13.0 Å². The summed E-state index contributed by atoms with van der Waals surface area (Å²) in [6.07, 6.45) is 3.55. The van der Waals surface area contributed by atoms with Crippen LogP contribution in [0.25, 0.3) is 0 Å². The maximum atomic E-state index is 5.67. The predicted molar refractivity (Wildman–Crippen MR) is 82.2 cm³/mol. The van der Waals surface area contributed by atoms with E-state index in [2.05, 4.69) is 30.4 Å². The van der Waals surface area contributed by atoms with E-state index in [-0.39, 0.29) is 0 Å². The molecule has 3 nitrogen and oxygen atoms in total. The third-order valence-corrected chi connectivity index (χ3v) is 3.81. The summed E-state index contributed by atoms with van der Waals surface area (Å²) < 4.78 is 11.3. The molecule has 0 amide bonds. The average Bonchev–Trinajstić information content (AvgIpc) is 2.50. The predicted octanol–water partition coefficient (Wildman–Crippen LogP) is 3.55. The first kappa shape index (κ1) is 15.3. The van der Waals surface area contributed by atoms with Gasteiger partial charge in [-0.1, -0.05) is 19.1 Å². The van der Waals surface area contributed by atoms with Gasteiger partial charge >= 0.3 is 0 Å². The van der Waals surface area contributed by atoms with Crippen LogP contribution in [-0.2, 0) is 4.74 Å². The van der Waals surface area contributed by atoms with Crippen LogP contribution >= 0.6 is 0 Å².